The van der Waals surface area contributed by atoms with Crippen LogP contribution >= 0.6 is 0 Å². The molecule has 3 rings (SSSR count). The molecule has 1 aliphatic rings. The fourth-order valence-electron chi connectivity index (χ4n) is 2.57. The predicted molar refractivity (Wildman–Crippen MR) is 79.2 cm³/mol. The quantitative estimate of drug-likeness (QED) is 0.611. The van der Waals surface area contributed by atoms with Gasteiger partial charge in [0.05, 0.1) is 0 Å². The third-order valence-corrected chi connectivity index (χ3v) is 3.72. The zero-order valence-corrected chi connectivity index (χ0v) is 11.4. The lowest BCUT2D eigenvalue weighted by atomic mass is 10.1. The minimum atomic E-state index is -0.321. The summed E-state index contributed by atoms with van der Waals surface area (Å²) in [7, 11) is 0. The van der Waals surface area contributed by atoms with Crippen LogP contribution in [0.15, 0.2) is 60.7 Å². The van der Waals surface area contributed by atoms with Gasteiger partial charge >= 0.3 is 5.97 Å². The number of ether oxygens (including phenoxy) is 1. The highest BCUT2D eigenvalue weighted by molar-refractivity contribution is 5.89. The second kappa shape index (κ2) is 4.97. The summed E-state index contributed by atoms with van der Waals surface area (Å²) in [5, 5.41) is 0. The van der Waals surface area contributed by atoms with Gasteiger partial charge in [0.1, 0.15) is 0 Å². The van der Waals surface area contributed by atoms with E-state index in [1.54, 1.807) is 0 Å². The van der Waals surface area contributed by atoms with Gasteiger partial charge in [-0.15, -0.1) is 0 Å². The Morgan fingerprint density at radius 1 is 1.05 bits per heavy atom. The highest BCUT2D eigenvalue weighted by atomic mass is 16.5. The van der Waals surface area contributed by atoms with Gasteiger partial charge in [-0.1, -0.05) is 62.0 Å². The van der Waals surface area contributed by atoms with Crippen molar-refractivity contribution in [1.82, 2.24) is 0 Å². The average molecular weight is 264 g/mol. The molecule has 2 nitrogen and oxygen atoms in total. The number of rotatable bonds is 3. The molecule has 0 aromatic heterocycles. The van der Waals surface area contributed by atoms with Crippen LogP contribution in [0.25, 0.3) is 11.1 Å². The standard InChI is InChI=1S/C18H16O2/c1-3-12(2)18(19)20-17-15-10-6-4-8-13(15)14-9-5-7-11-16(14)17/h4-11,17H,2-3H2,1H3. The molecule has 2 aromatic rings. The summed E-state index contributed by atoms with van der Waals surface area (Å²) in [6.45, 7) is 5.66. The third-order valence-electron chi connectivity index (χ3n) is 3.72. The van der Waals surface area contributed by atoms with Crippen LogP contribution in [0.1, 0.15) is 30.6 Å². The summed E-state index contributed by atoms with van der Waals surface area (Å²) < 4.78 is 5.68. The number of fused-ring (bicyclic) bond motifs is 3. The number of benzene rings is 2. The first-order valence-electron chi connectivity index (χ1n) is 6.79. The number of carbonyl (C=O) groups excluding carboxylic acids is 1. The van der Waals surface area contributed by atoms with Gasteiger partial charge in [0.2, 0.25) is 0 Å². The molecule has 0 aliphatic heterocycles. The van der Waals surface area contributed by atoms with Crippen LogP contribution in [0.2, 0.25) is 0 Å². The van der Waals surface area contributed by atoms with Crippen LogP contribution < -0.4 is 0 Å². The number of hydrogen-bond donors (Lipinski definition) is 0. The molecule has 1 aliphatic carbocycles. The molecule has 0 radical (unpaired) electrons. The molecular weight excluding hydrogens is 248 g/mol. The Balaban J connectivity index is 2.03. The molecule has 0 N–H and O–H groups in total. The topological polar surface area (TPSA) is 26.3 Å². The maximum atomic E-state index is 12.0. The van der Waals surface area contributed by atoms with Crippen LogP contribution in [-0.2, 0) is 9.53 Å². The van der Waals surface area contributed by atoms with Crippen LogP contribution in [0.5, 0.6) is 0 Å². The van der Waals surface area contributed by atoms with E-state index in [-0.39, 0.29) is 12.1 Å². The minimum absolute atomic E-state index is 0.316. The van der Waals surface area contributed by atoms with Gasteiger partial charge in [0, 0.05) is 16.7 Å². The first-order chi connectivity index (χ1) is 9.72. The summed E-state index contributed by atoms with van der Waals surface area (Å²) in [4.78, 5) is 12.0. The van der Waals surface area contributed by atoms with E-state index in [0.29, 0.717) is 12.0 Å². The van der Waals surface area contributed by atoms with Crippen molar-refractivity contribution in [2.24, 2.45) is 0 Å². The lowest BCUT2D eigenvalue weighted by Gasteiger charge is -2.15. The number of hydrogen-bond acceptors (Lipinski definition) is 2. The Morgan fingerprint density at radius 3 is 2.05 bits per heavy atom. The maximum Gasteiger partial charge on any atom is 0.334 e. The monoisotopic (exact) mass is 264 g/mol. The van der Waals surface area contributed by atoms with Crippen molar-refractivity contribution in [3.8, 4) is 11.1 Å². The van der Waals surface area contributed by atoms with Crippen LogP contribution in [0.3, 0.4) is 0 Å². The van der Waals surface area contributed by atoms with Gasteiger partial charge in [-0.05, 0) is 17.5 Å². The molecule has 2 aromatic carbocycles. The van der Waals surface area contributed by atoms with Crippen molar-refractivity contribution < 1.29 is 9.53 Å². The van der Waals surface area contributed by atoms with Crippen molar-refractivity contribution in [2.45, 2.75) is 19.4 Å². The highest BCUT2D eigenvalue weighted by Gasteiger charge is 2.31. The molecule has 0 unspecified atom stereocenters. The second-order valence-corrected chi connectivity index (χ2v) is 4.92. The Hall–Kier alpha value is -2.35. The van der Waals surface area contributed by atoms with Crippen LogP contribution in [0, 0.1) is 0 Å². The van der Waals surface area contributed by atoms with Gasteiger partial charge in [-0.25, -0.2) is 4.79 Å². The Labute approximate surface area is 118 Å². The fourth-order valence-corrected chi connectivity index (χ4v) is 2.57. The third kappa shape index (κ3) is 1.94. The molecule has 2 heteroatoms. The van der Waals surface area contributed by atoms with Crippen molar-refractivity contribution in [3.63, 3.8) is 0 Å². The lowest BCUT2D eigenvalue weighted by Crippen LogP contribution is -2.12. The maximum absolute atomic E-state index is 12.0. The first kappa shape index (κ1) is 12.7. The molecule has 0 heterocycles. The average Bonchev–Trinajstić information content (AvgIpc) is 2.81. The number of esters is 1. The highest BCUT2D eigenvalue weighted by Crippen LogP contribution is 2.45. The summed E-state index contributed by atoms with van der Waals surface area (Å²) in [5.74, 6) is -0.316. The van der Waals surface area contributed by atoms with Crippen molar-refractivity contribution in [3.05, 3.63) is 71.8 Å². The first-order valence-corrected chi connectivity index (χ1v) is 6.79. The summed E-state index contributed by atoms with van der Waals surface area (Å²) in [6, 6.07) is 16.1. The van der Waals surface area contributed by atoms with Gasteiger partial charge in [0.15, 0.2) is 6.10 Å². The van der Waals surface area contributed by atoms with Gasteiger partial charge in [-0.2, -0.15) is 0 Å². The van der Waals surface area contributed by atoms with E-state index in [4.69, 9.17) is 4.74 Å². The Bertz CT molecular complexity index is 640. The van der Waals surface area contributed by atoms with Gasteiger partial charge in [-0.3, -0.25) is 0 Å². The van der Waals surface area contributed by atoms with Crippen LogP contribution in [0.4, 0.5) is 0 Å². The SMILES string of the molecule is C=C(CC)C(=O)OC1c2ccccc2-c2ccccc21. The zero-order valence-electron chi connectivity index (χ0n) is 11.4. The van der Waals surface area contributed by atoms with Crippen molar-refractivity contribution >= 4 is 5.97 Å². The van der Waals surface area contributed by atoms with E-state index >= 15 is 0 Å². The minimum Gasteiger partial charge on any atom is -0.449 e. The van der Waals surface area contributed by atoms with E-state index < -0.39 is 0 Å². The van der Waals surface area contributed by atoms with Crippen molar-refractivity contribution in [1.29, 1.82) is 0 Å². The summed E-state index contributed by atoms with van der Waals surface area (Å²) in [5.41, 5.74) is 4.88. The zero-order chi connectivity index (χ0) is 14.1. The van der Waals surface area contributed by atoms with E-state index in [1.807, 2.05) is 43.3 Å². The molecule has 0 amide bonds. The summed E-state index contributed by atoms with van der Waals surface area (Å²) in [6.07, 6.45) is 0.285. The van der Waals surface area contributed by atoms with Gasteiger partial charge in [0.25, 0.3) is 0 Å². The summed E-state index contributed by atoms with van der Waals surface area (Å²) >= 11 is 0. The van der Waals surface area contributed by atoms with E-state index in [1.165, 1.54) is 0 Å². The Morgan fingerprint density at radius 2 is 1.55 bits per heavy atom. The van der Waals surface area contributed by atoms with Gasteiger partial charge < -0.3 is 4.74 Å². The molecule has 0 atom stereocenters. The van der Waals surface area contributed by atoms with E-state index in [9.17, 15) is 4.79 Å². The molecule has 0 spiro atoms. The lowest BCUT2D eigenvalue weighted by molar-refractivity contribution is -0.142. The molecule has 0 fully saturated rings. The largest absolute Gasteiger partial charge is 0.449 e. The Kier molecular flexibility index (Phi) is 3.15. The van der Waals surface area contributed by atoms with Crippen LogP contribution in [-0.4, -0.2) is 5.97 Å². The van der Waals surface area contributed by atoms with Crippen molar-refractivity contribution in [2.75, 3.05) is 0 Å². The molecule has 20 heavy (non-hydrogen) atoms. The molecule has 100 valence electrons. The van der Waals surface area contributed by atoms with E-state index in [0.717, 1.165) is 22.3 Å². The molecule has 0 saturated carbocycles. The normalized spacial score (nSPS) is 12.7. The fraction of sp³-hybridized carbons (Fsp3) is 0.167. The molecule has 0 bridgehead atoms. The molecular formula is C18H16O2. The number of carbonyl (C=O) groups is 1. The molecule has 0 saturated heterocycles. The smallest absolute Gasteiger partial charge is 0.334 e. The van der Waals surface area contributed by atoms with E-state index in [2.05, 4.69) is 18.7 Å². The second-order valence-electron chi connectivity index (χ2n) is 4.92. The predicted octanol–water partition coefficient (Wildman–Crippen LogP) is 4.27.